The van der Waals surface area contributed by atoms with E-state index in [1.807, 2.05) is 18.2 Å². The van der Waals surface area contributed by atoms with Crippen LogP contribution in [-0.2, 0) is 0 Å². The van der Waals surface area contributed by atoms with Crippen LogP contribution in [-0.4, -0.2) is 24.1 Å². The number of hydrogen-bond acceptors (Lipinski definition) is 4. The minimum absolute atomic E-state index is 0.570. The molecule has 13 aromatic rings. The van der Waals surface area contributed by atoms with Gasteiger partial charge in [-0.25, -0.2) is 4.98 Å². The zero-order chi connectivity index (χ0) is 41.4. The van der Waals surface area contributed by atoms with Gasteiger partial charge in [0.2, 0.25) is 5.95 Å². The number of fused-ring (bicyclic) bond motifs is 10. The normalized spacial score (nSPS) is 11.8. The van der Waals surface area contributed by atoms with Gasteiger partial charge in [-0.05, 0) is 58.7 Å². The van der Waals surface area contributed by atoms with Crippen molar-refractivity contribution < 1.29 is 0 Å². The molecule has 0 N–H and O–H groups in total. The lowest BCUT2D eigenvalue weighted by Gasteiger charge is -2.14. The molecule has 0 unspecified atom stereocenters. The second-order valence-electron chi connectivity index (χ2n) is 16.0. The molecule has 0 atom stereocenters. The summed E-state index contributed by atoms with van der Waals surface area (Å²) in [6, 6.07) is 75.6. The predicted molar refractivity (Wildman–Crippen MR) is 263 cm³/mol. The zero-order valence-electron chi connectivity index (χ0n) is 33.9. The van der Waals surface area contributed by atoms with Crippen LogP contribution in [0.15, 0.2) is 212 Å². The lowest BCUT2D eigenvalue weighted by Crippen LogP contribution is -2.07. The molecule has 0 radical (unpaired) electrons. The summed E-state index contributed by atoms with van der Waals surface area (Å²) in [5.41, 5.74) is 12.1. The van der Waals surface area contributed by atoms with E-state index >= 15 is 0 Å². The first-order valence-corrected chi connectivity index (χ1v) is 22.0. The SMILES string of the molecule is c1ccc(-c2ccc(-c3ccc(-n4c5ccccc5c5ccc6c7ccccc7n(-c7nc(-c8ccccc8)nc(-c8cccc9sc%10ccccc%10c89)n7)c6c54)cc3)cc2)cc1. The standard InChI is InChI=1S/C57H35N5S/c1-3-14-36(15-4-1)37-26-28-38(29-27-37)39-30-32-41(33-31-39)61-48-22-10-7-18-42(48)44-34-35-45-43-19-8-11-23-49(43)62(54(45)53(44)61)57-59-55(40-16-5-2-6-17-40)58-56(60-57)47-21-13-25-51-52(47)46-20-9-12-24-50(46)63-51/h1-35H. The van der Waals surface area contributed by atoms with Crippen molar-refractivity contribution in [1.82, 2.24) is 24.1 Å². The molecular weight excluding hydrogens is 787 g/mol. The Morgan fingerprint density at radius 2 is 0.810 bits per heavy atom. The fraction of sp³-hybridized carbons (Fsp3) is 0. The number of benzene rings is 9. The average Bonchev–Trinajstić information content (AvgIpc) is 4.03. The molecule has 6 heteroatoms. The molecule has 0 bridgehead atoms. The molecule has 9 aromatic carbocycles. The first kappa shape index (κ1) is 35.6. The summed E-state index contributed by atoms with van der Waals surface area (Å²) in [4.78, 5) is 16.1. The van der Waals surface area contributed by atoms with Gasteiger partial charge in [0.25, 0.3) is 0 Å². The summed E-state index contributed by atoms with van der Waals surface area (Å²) in [7, 11) is 0. The summed E-state index contributed by atoms with van der Waals surface area (Å²) in [5, 5.41) is 6.98. The molecule has 4 heterocycles. The van der Waals surface area contributed by atoms with Crippen LogP contribution < -0.4 is 0 Å². The fourth-order valence-electron chi connectivity index (χ4n) is 9.53. The van der Waals surface area contributed by atoms with Crippen LogP contribution in [0.2, 0.25) is 0 Å². The minimum Gasteiger partial charge on any atom is -0.307 e. The Balaban J connectivity index is 1.07. The highest BCUT2D eigenvalue weighted by atomic mass is 32.1. The molecule has 0 saturated heterocycles. The number of nitrogens with zero attached hydrogens (tertiary/aromatic N) is 5. The Morgan fingerprint density at radius 3 is 1.48 bits per heavy atom. The van der Waals surface area contributed by atoms with Gasteiger partial charge in [0.15, 0.2) is 11.6 Å². The molecule has 0 aliphatic heterocycles. The van der Waals surface area contributed by atoms with Crippen molar-refractivity contribution in [2.24, 2.45) is 0 Å². The van der Waals surface area contributed by atoms with E-state index in [2.05, 4.69) is 203 Å². The molecule has 0 aliphatic carbocycles. The summed E-state index contributed by atoms with van der Waals surface area (Å²) >= 11 is 1.80. The van der Waals surface area contributed by atoms with Crippen molar-refractivity contribution in [1.29, 1.82) is 0 Å². The molecule has 0 spiro atoms. The minimum atomic E-state index is 0.570. The Kier molecular flexibility index (Phi) is 8.01. The molecule has 63 heavy (non-hydrogen) atoms. The Morgan fingerprint density at radius 1 is 0.317 bits per heavy atom. The quantitative estimate of drug-likeness (QED) is 0.168. The number of thiophene rings is 1. The van der Waals surface area contributed by atoms with Crippen LogP contribution in [0.4, 0.5) is 0 Å². The lowest BCUT2D eigenvalue weighted by atomic mass is 10.0. The molecule has 4 aromatic heterocycles. The van der Waals surface area contributed by atoms with Crippen molar-refractivity contribution >= 4 is 75.1 Å². The topological polar surface area (TPSA) is 48.5 Å². The highest BCUT2D eigenvalue weighted by Gasteiger charge is 2.24. The monoisotopic (exact) mass is 821 g/mol. The maximum atomic E-state index is 5.48. The zero-order valence-corrected chi connectivity index (χ0v) is 34.7. The van der Waals surface area contributed by atoms with E-state index in [1.54, 1.807) is 11.3 Å². The molecule has 0 amide bonds. The first-order chi connectivity index (χ1) is 31.2. The van der Waals surface area contributed by atoms with E-state index in [4.69, 9.17) is 15.0 Å². The van der Waals surface area contributed by atoms with Crippen LogP contribution >= 0.6 is 11.3 Å². The second kappa shape index (κ2) is 14.2. The van der Waals surface area contributed by atoms with E-state index in [9.17, 15) is 0 Å². The van der Waals surface area contributed by atoms with Crippen molar-refractivity contribution in [3.8, 4) is 56.7 Å². The van der Waals surface area contributed by atoms with Crippen molar-refractivity contribution in [2.45, 2.75) is 0 Å². The van der Waals surface area contributed by atoms with Gasteiger partial charge in [0, 0.05) is 58.5 Å². The van der Waals surface area contributed by atoms with Gasteiger partial charge in [0.1, 0.15) is 0 Å². The lowest BCUT2D eigenvalue weighted by molar-refractivity contribution is 0.954. The van der Waals surface area contributed by atoms with Crippen LogP contribution in [0.5, 0.6) is 0 Å². The predicted octanol–water partition coefficient (Wildman–Crippen LogP) is 15.1. The third-order valence-corrected chi connectivity index (χ3v) is 13.6. The van der Waals surface area contributed by atoms with Gasteiger partial charge in [-0.3, -0.25) is 4.57 Å². The van der Waals surface area contributed by atoms with Gasteiger partial charge < -0.3 is 4.57 Å². The molecule has 0 saturated carbocycles. The van der Waals surface area contributed by atoms with Crippen LogP contribution in [0.25, 0.3) is 120 Å². The largest absolute Gasteiger partial charge is 0.307 e. The molecular formula is C57H35N5S. The van der Waals surface area contributed by atoms with Gasteiger partial charge >= 0.3 is 0 Å². The summed E-state index contributed by atoms with van der Waals surface area (Å²) in [6.45, 7) is 0. The second-order valence-corrected chi connectivity index (χ2v) is 17.1. The first-order valence-electron chi connectivity index (χ1n) is 21.2. The Bertz CT molecular complexity index is 3880. The fourth-order valence-corrected chi connectivity index (χ4v) is 10.7. The Hall–Kier alpha value is -8.19. The van der Waals surface area contributed by atoms with Crippen molar-refractivity contribution in [3.63, 3.8) is 0 Å². The van der Waals surface area contributed by atoms with Crippen LogP contribution in [0, 0.1) is 0 Å². The molecule has 13 rings (SSSR count). The average molecular weight is 822 g/mol. The number of hydrogen-bond donors (Lipinski definition) is 0. The maximum absolute atomic E-state index is 5.48. The van der Waals surface area contributed by atoms with Crippen LogP contribution in [0.1, 0.15) is 0 Å². The highest BCUT2D eigenvalue weighted by Crippen LogP contribution is 2.43. The Labute approximate surface area is 366 Å². The molecule has 5 nitrogen and oxygen atoms in total. The summed E-state index contributed by atoms with van der Waals surface area (Å²) in [6.07, 6.45) is 0. The van der Waals surface area contributed by atoms with E-state index in [-0.39, 0.29) is 0 Å². The number of rotatable bonds is 6. The van der Waals surface area contributed by atoms with Gasteiger partial charge in [-0.15, -0.1) is 11.3 Å². The molecule has 0 aliphatic rings. The van der Waals surface area contributed by atoms with E-state index in [0.717, 1.165) is 66.0 Å². The van der Waals surface area contributed by atoms with E-state index in [0.29, 0.717) is 17.6 Å². The molecule has 0 fully saturated rings. The van der Waals surface area contributed by atoms with Crippen LogP contribution in [0.3, 0.4) is 0 Å². The van der Waals surface area contributed by atoms with Gasteiger partial charge in [-0.2, -0.15) is 9.97 Å². The van der Waals surface area contributed by atoms with Gasteiger partial charge in [-0.1, -0.05) is 176 Å². The highest BCUT2D eigenvalue weighted by molar-refractivity contribution is 7.25. The summed E-state index contributed by atoms with van der Waals surface area (Å²) < 4.78 is 7.14. The van der Waals surface area contributed by atoms with Crippen molar-refractivity contribution in [2.75, 3.05) is 0 Å². The van der Waals surface area contributed by atoms with E-state index in [1.165, 1.54) is 36.9 Å². The third kappa shape index (κ3) is 5.66. The summed E-state index contributed by atoms with van der Waals surface area (Å²) in [5.74, 6) is 1.83. The van der Waals surface area contributed by atoms with E-state index < -0.39 is 0 Å². The third-order valence-electron chi connectivity index (χ3n) is 12.4. The number of aromatic nitrogens is 5. The smallest absolute Gasteiger partial charge is 0.238 e. The van der Waals surface area contributed by atoms with Gasteiger partial charge in [0.05, 0.1) is 22.1 Å². The maximum Gasteiger partial charge on any atom is 0.238 e. The number of para-hydroxylation sites is 2. The molecule has 294 valence electrons. The van der Waals surface area contributed by atoms with Crippen molar-refractivity contribution in [3.05, 3.63) is 212 Å².